The molecule has 7 heteroatoms. The molecule has 0 saturated carbocycles. The highest BCUT2D eigenvalue weighted by Gasteiger charge is 2.39. The molecule has 0 aliphatic carbocycles. The molecule has 22 heavy (non-hydrogen) atoms. The summed E-state index contributed by atoms with van der Waals surface area (Å²) in [5.74, 6) is 3.86. The van der Waals surface area contributed by atoms with Crippen LogP contribution < -0.4 is 14.8 Å². The zero-order valence-corrected chi connectivity index (χ0v) is 12.0. The van der Waals surface area contributed by atoms with Crippen LogP contribution >= 0.6 is 0 Å². The minimum Gasteiger partial charge on any atom is -0.484 e. The van der Waals surface area contributed by atoms with E-state index in [1.165, 1.54) is 0 Å². The number of rotatable bonds is 6. The number of ether oxygens (including phenoxy) is 2. The van der Waals surface area contributed by atoms with Gasteiger partial charge in [0.1, 0.15) is 19.0 Å². The molecule has 0 spiro atoms. The summed E-state index contributed by atoms with van der Waals surface area (Å²) >= 11 is 0. The van der Waals surface area contributed by atoms with Gasteiger partial charge in [-0.25, -0.2) is 0 Å². The van der Waals surface area contributed by atoms with E-state index in [-0.39, 0.29) is 5.91 Å². The van der Waals surface area contributed by atoms with Gasteiger partial charge in [0.2, 0.25) is 5.91 Å². The van der Waals surface area contributed by atoms with Gasteiger partial charge in [-0.1, -0.05) is 0 Å². The molecule has 0 aromatic carbocycles. The van der Waals surface area contributed by atoms with Crippen molar-refractivity contribution in [2.45, 2.75) is 31.3 Å². The maximum absolute atomic E-state index is 12.0. The molecule has 0 radical (unpaired) electrons. The molecule has 1 aromatic rings. The SMILES string of the molecule is C#CCCC1(CCC(=O)Nc2ccc3c(n2)OCCO3)N=N1. The average Bonchev–Trinajstić information content (AvgIpc) is 3.31. The summed E-state index contributed by atoms with van der Waals surface area (Å²) in [7, 11) is 0. The van der Waals surface area contributed by atoms with E-state index in [1.807, 2.05) is 0 Å². The van der Waals surface area contributed by atoms with Gasteiger partial charge >= 0.3 is 0 Å². The Labute approximate surface area is 128 Å². The van der Waals surface area contributed by atoms with E-state index in [4.69, 9.17) is 15.9 Å². The monoisotopic (exact) mass is 300 g/mol. The Hall–Kier alpha value is -2.62. The predicted molar refractivity (Wildman–Crippen MR) is 78.7 cm³/mol. The molecular weight excluding hydrogens is 284 g/mol. The highest BCUT2D eigenvalue weighted by molar-refractivity contribution is 5.89. The van der Waals surface area contributed by atoms with Crippen molar-refractivity contribution >= 4 is 11.7 Å². The Bertz CT molecular complexity index is 645. The smallest absolute Gasteiger partial charge is 0.259 e. The molecule has 0 bridgehead atoms. The second kappa shape index (κ2) is 6.02. The Kier molecular flexibility index (Phi) is 3.92. The molecule has 3 rings (SSSR count). The summed E-state index contributed by atoms with van der Waals surface area (Å²) in [6.45, 7) is 0.964. The molecular formula is C15H16N4O3. The van der Waals surface area contributed by atoms with Gasteiger partial charge < -0.3 is 14.8 Å². The normalized spacial score (nSPS) is 16.7. The molecule has 7 nitrogen and oxygen atoms in total. The molecule has 3 heterocycles. The summed E-state index contributed by atoms with van der Waals surface area (Å²) in [4.78, 5) is 16.2. The van der Waals surface area contributed by atoms with Crippen LogP contribution in [0.5, 0.6) is 11.6 Å². The third-order valence-corrected chi connectivity index (χ3v) is 3.48. The van der Waals surface area contributed by atoms with Crippen LogP contribution in [-0.2, 0) is 4.79 Å². The van der Waals surface area contributed by atoms with Gasteiger partial charge in [0.25, 0.3) is 5.88 Å². The molecule has 1 N–H and O–H groups in total. The minimum absolute atomic E-state index is 0.137. The van der Waals surface area contributed by atoms with E-state index in [2.05, 4.69) is 26.4 Å². The summed E-state index contributed by atoms with van der Waals surface area (Å²) in [6.07, 6.45) is 7.41. The van der Waals surface area contributed by atoms with Gasteiger partial charge in [-0.3, -0.25) is 4.79 Å². The van der Waals surface area contributed by atoms with Gasteiger partial charge in [-0.15, -0.1) is 12.3 Å². The second-order valence-corrected chi connectivity index (χ2v) is 5.13. The topological polar surface area (TPSA) is 85.2 Å². The number of hydrogen-bond donors (Lipinski definition) is 1. The van der Waals surface area contributed by atoms with Crippen LogP contribution in [0.15, 0.2) is 22.4 Å². The van der Waals surface area contributed by atoms with E-state index in [1.54, 1.807) is 12.1 Å². The summed E-state index contributed by atoms with van der Waals surface area (Å²) in [5, 5.41) is 10.7. The van der Waals surface area contributed by atoms with E-state index in [0.717, 1.165) is 0 Å². The highest BCUT2D eigenvalue weighted by Crippen LogP contribution is 2.37. The van der Waals surface area contributed by atoms with Gasteiger partial charge in [-0.05, 0) is 12.1 Å². The largest absolute Gasteiger partial charge is 0.484 e. The van der Waals surface area contributed by atoms with Crippen LogP contribution in [0.3, 0.4) is 0 Å². The van der Waals surface area contributed by atoms with E-state index in [9.17, 15) is 4.79 Å². The molecule has 2 aliphatic heterocycles. The molecule has 0 saturated heterocycles. The Morgan fingerprint density at radius 1 is 1.32 bits per heavy atom. The molecule has 114 valence electrons. The Balaban J connectivity index is 1.51. The summed E-state index contributed by atoms with van der Waals surface area (Å²) in [5.41, 5.74) is -0.441. The first-order valence-electron chi connectivity index (χ1n) is 7.15. The molecule has 1 aromatic heterocycles. The van der Waals surface area contributed by atoms with Gasteiger partial charge in [0.15, 0.2) is 11.4 Å². The van der Waals surface area contributed by atoms with Crippen LogP contribution in [0.2, 0.25) is 0 Å². The van der Waals surface area contributed by atoms with Crippen molar-refractivity contribution in [1.29, 1.82) is 0 Å². The standard InChI is InChI=1S/C15H16N4O3/c1-2-3-7-15(18-19-15)8-6-13(20)16-12-5-4-11-14(17-12)22-10-9-21-11/h1,4-5H,3,6-10H2,(H,16,17,20). The number of carbonyl (C=O) groups is 1. The molecule has 0 unspecified atom stereocenters. The second-order valence-electron chi connectivity index (χ2n) is 5.13. The number of nitrogens with zero attached hydrogens (tertiary/aromatic N) is 3. The van der Waals surface area contributed by atoms with Crippen molar-refractivity contribution in [2.75, 3.05) is 18.5 Å². The number of terminal acetylenes is 1. The fourth-order valence-electron chi connectivity index (χ4n) is 2.19. The number of nitrogens with one attached hydrogen (secondary N) is 1. The molecule has 2 aliphatic rings. The predicted octanol–water partition coefficient (Wildman–Crippen LogP) is 2.15. The summed E-state index contributed by atoms with van der Waals surface area (Å²) in [6, 6.07) is 3.42. The van der Waals surface area contributed by atoms with E-state index < -0.39 is 5.66 Å². The van der Waals surface area contributed by atoms with E-state index in [0.29, 0.717) is 56.3 Å². The van der Waals surface area contributed by atoms with Crippen molar-refractivity contribution in [3.8, 4) is 24.0 Å². The fraction of sp³-hybridized carbons (Fsp3) is 0.467. The van der Waals surface area contributed by atoms with Gasteiger partial charge in [-0.2, -0.15) is 15.2 Å². The van der Waals surface area contributed by atoms with Gasteiger partial charge in [0, 0.05) is 25.7 Å². The third-order valence-electron chi connectivity index (χ3n) is 3.48. The maximum atomic E-state index is 12.0. The van der Waals surface area contributed by atoms with Gasteiger partial charge in [0.05, 0.1) is 0 Å². The zero-order chi connectivity index (χ0) is 15.4. The lowest BCUT2D eigenvalue weighted by molar-refractivity contribution is -0.116. The van der Waals surface area contributed by atoms with Crippen molar-refractivity contribution in [1.82, 2.24) is 4.98 Å². The number of aromatic nitrogens is 1. The van der Waals surface area contributed by atoms with E-state index >= 15 is 0 Å². The number of fused-ring (bicyclic) bond motifs is 1. The number of pyridine rings is 1. The van der Waals surface area contributed by atoms with Crippen molar-refractivity contribution in [3.05, 3.63) is 12.1 Å². The number of hydrogen-bond acceptors (Lipinski definition) is 6. The van der Waals surface area contributed by atoms with Crippen LogP contribution in [0.25, 0.3) is 0 Å². The van der Waals surface area contributed by atoms with Crippen molar-refractivity contribution in [2.24, 2.45) is 10.2 Å². The number of anilines is 1. The van der Waals surface area contributed by atoms with Crippen LogP contribution in [-0.4, -0.2) is 29.8 Å². The minimum atomic E-state index is -0.441. The lowest BCUT2D eigenvalue weighted by Gasteiger charge is -2.17. The Morgan fingerprint density at radius 3 is 2.91 bits per heavy atom. The fourth-order valence-corrected chi connectivity index (χ4v) is 2.19. The average molecular weight is 300 g/mol. The molecule has 1 amide bonds. The Morgan fingerprint density at radius 2 is 2.14 bits per heavy atom. The lowest BCUT2D eigenvalue weighted by Crippen LogP contribution is -2.19. The first-order valence-corrected chi connectivity index (χ1v) is 7.15. The summed E-state index contributed by atoms with van der Waals surface area (Å²) < 4.78 is 10.8. The quantitative estimate of drug-likeness (QED) is 0.816. The van der Waals surface area contributed by atoms with Crippen LogP contribution in [0.4, 0.5) is 5.82 Å². The highest BCUT2D eigenvalue weighted by atomic mass is 16.6. The molecule has 0 atom stereocenters. The first-order chi connectivity index (χ1) is 10.7. The van der Waals surface area contributed by atoms with Crippen molar-refractivity contribution < 1.29 is 14.3 Å². The number of carbonyl (C=O) groups excluding carboxylic acids is 1. The van der Waals surface area contributed by atoms with Crippen LogP contribution in [0, 0.1) is 12.3 Å². The maximum Gasteiger partial charge on any atom is 0.259 e. The van der Waals surface area contributed by atoms with Crippen molar-refractivity contribution in [3.63, 3.8) is 0 Å². The van der Waals surface area contributed by atoms with Crippen LogP contribution in [0.1, 0.15) is 25.7 Å². The third kappa shape index (κ3) is 3.34. The molecule has 0 fully saturated rings. The zero-order valence-electron chi connectivity index (χ0n) is 12.0. The lowest BCUT2D eigenvalue weighted by atomic mass is 10.0. The number of amides is 1. The first kappa shape index (κ1) is 14.3.